The highest BCUT2D eigenvalue weighted by atomic mass is 35.5. The quantitative estimate of drug-likeness (QED) is 0.865. The molecule has 2 aromatic rings. The molecule has 0 fully saturated rings. The predicted octanol–water partition coefficient (Wildman–Crippen LogP) is 1.75. The number of nitrogens with two attached hydrogens (primary N) is 1. The van der Waals surface area contributed by atoms with Crippen LogP contribution >= 0.6 is 12.4 Å². The molecule has 0 amide bonds. The molecule has 0 aliphatic rings. The number of aromatic nitrogens is 3. The van der Waals surface area contributed by atoms with Crippen LogP contribution in [0, 0.1) is 0 Å². The van der Waals surface area contributed by atoms with Gasteiger partial charge in [-0.1, -0.05) is 5.16 Å². The number of hydrogen-bond acceptors (Lipinski definition) is 5. The summed E-state index contributed by atoms with van der Waals surface area (Å²) in [6, 6.07) is 3.64. The fourth-order valence-corrected chi connectivity index (χ4v) is 1.10. The van der Waals surface area contributed by atoms with Crippen LogP contribution in [0.15, 0.2) is 29.0 Å². The van der Waals surface area contributed by atoms with Crippen molar-refractivity contribution in [1.82, 2.24) is 15.1 Å². The van der Waals surface area contributed by atoms with Crippen LogP contribution in [0.2, 0.25) is 0 Å². The second-order valence-electron chi connectivity index (χ2n) is 3.88. The van der Waals surface area contributed by atoms with Gasteiger partial charge in [-0.25, -0.2) is 0 Å². The molecule has 6 heteroatoms. The molecule has 0 spiro atoms. The van der Waals surface area contributed by atoms with Gasteiger partial charge in [0.2, 0.25) is 11.7 Å². The van der Waals surface area contributed by atoms with Crippen LogP contribution in [0.25, 0.3) is 11.4 Å². The lowest BCUT2D eigenvalue weighted by atomic mass is 10.1. The molecule has 86 valence electrons. The highest BCUT2D eigenvalue weighted by Crippen LogP contribution is 2.19. The molecule has 0 aromatic carbocycles. The van der Waals surface area contributed by atoms with Crippen molar-refractivity contribution >= 4 is 12.4 Å². The fraction of sp³-hybridized carbons (Fsp3) is 0.300. The normalized spacial score (nSPS) is 10.9. The molecule has 0 unspecified atom stereocenters. The Morgan fingerprint density at radius 1 is 1.25 bits per heavy atom. The average molecular weight is 241 g/mol. The minimum Gasteiger partial charge on any atom is -0.337 e. The Labute approximate surface area is 99.5 Å². The molecular formula is C10H13ClN4O. The van der Waals surface area contributed by atoms with E-state index in [0.29, 0.717) is 11.7 Å². The first kappa shape index (κ1) is 12.6. The topological polar surface area (TPSA) is 77.8 Å². The molecule has 0 bridgehead atoms. The second kappa shape index (κ2) is 4.59. The number of hydrogen-bond donors (Lipinski definition) is 1. The van der Waals surface area contributed by atoms with E-state index >= 15 is 0 Å². The molecular weight excluding hydrogens is 228 g/mol. The molecule has 0 saturated heterocycles. The zero-order valence-corrected chi connectivity index (χ0v) is 9.86. The van der Waals surface area contributed by atoms with E-state index < -0.39 is 5.54 Å². The maximum atomic E-state index is 5.84. The Hall–Kier alpha value is -1.46. The summed E-state index contributed by atoms with van der Waals surface area (Å²) in [4.78, 5) is 8.14. The van der Waals surface area contributed by atoms with Crippen LogP contribution in [-0.4, -0.2) is 15.1 Å². The van der Waals surface area contributed by atoms with Crippen molar-refractivity contribution < 1.29 is 4.52 Å². The first-order valence-electron chi connectivity index (χ1n) is 4.61. The molecule has 2 heterocycles. The van der Waals surface area contributed by atoms with Gasteiger partial charge in [0.1, 0.15) is 0 Å². The third-order valence-corrected chi connectivity index (χ3v) is 1.92. The Balaban J connectivity index is 0.00000128. The van der Waals surface area contributed by atoms with E-state index in [2.05, 4.69) is 15.1 Å². The molecule has 2 N–H and O–H groups in total. The molecule has 16 heavy (non-hydrogen) atoms. The monoisotopic (exact) mass is 240 g/mol. The van der Waals surface area contributed by atoms with Crippen LogP contribution in [0.5, 0.6) is 0 Å². The van der Waals surface area contributed by atoms with Gasteiger partial charge in [-0.15, -0.1) is 12.4 Å². The molecule has 0 aliphatic carbocycles. The van der Waals surface area contributed by atoms with Crippen LogP contribution in [-0.2, 0) is 5.54 Å². The van der Waals surface area contributed by atoms with Crippen molar-refractivity contribution in [2.75, 3.05) is 0 Å². The van der Waals surface area contributed by atoms with Gasteiger partial charge < -0.3 is 10.3 Å². The van der Waals surface area contributed by atoms with E-state index in [1.54, 1.807) is 12.4 Å². The summed E-state index contributed by atoms with van der Waals surface area (Å²) in [7, 11) is 0. The summed E-state index contributed by atoms with van der Waals surface area (Å²) in [5.41, 5.74) is 6.09. The number of pyridine rings is 1. The molecule has 2 rings (SSSR count). The van der Waals surface area contributed by atoms with Crippen molar-refractivity contribution in [3.63, 3.8) is 0 Å². The van der Waals surface area contributed by atoms with Gasteiger partial charge in [-0.05, 0) is 26.0 Å². The minimum absolute atomic E-state index is 0. The predicted molar refractivity (Wildman–Crippen MR) is 62.0 cm³/mol. The Kier molecular flexibility index (Phi) is 3.62. The van der Waals surface area contributed by atoms with E-state index in [4.69, 9.17) is 10.3 Å². The van der Waals surface area contributed by atoms with Gasteiger partial charge in [0.05, 0.1) is 5.54 Å². The maximum Gasteiger partial charge on any atom is 0.246 e. The van der Waals surface area contributed by atoms with Gasteiger partial charge >= 0.3 is 0 Å². The summed E-state index contributed by atoms with van der Waals surface area (Å²) in [5.74, 6) is 0.959. The van der Waals surface area contributed by atoms with Crippen LogP contribution < -0.4 is 5.73 Å². The summed E-state index contributed by atoms with van der Waals surface area (Å²) in [6.07, 6.45) is 3.36. The van der Waals surface area contributed by atoms with Crippen LogP contribution in [0.1, 0.15) is 19.7 Å². The largest absolute Gasteiger partial charge is 0.337 e. The minimum atomic E-state index is -0.613. The van der Waals surface area contributed by atoms with E-state index in [9.17, 15) is 0 Å². The average Bonchev–Trinajstić information content (AvgIpc) is 2.67. The van der Waals surface area contributed by atoms with Crippen LogP contribution in [0.3, 0.4) is 0 Å². The summed E-state index contributed by atoms with van der Waals surface area (Å²) in [6.45, 7) is 3.63. The number of rotatable bonds is 2. The number of halogens is 1. The van der Waals surface area contributed by atoms with Crippen molar-refractivity contribution in [3.05, 3.63) is 30.4 Å². The van der Waals surface area contributed by atoms with Crippen LogP contribution in [0.4, 0.5) is 0 Å². The Bertz CT molecular complexity index is 449. The standard InChI is InChI=1S/C10H12N4O.ClH/c1-10(2,11)9-13-8(14-15-9)7-3-5-12-6-4-7;/h3-6H,11H2,1-2H3;1H. The first-order valence-corrected chi connectivity index (χ1v) is 4.61. The summed E-state index contributed by atoms with van der Waals surface area (Å²) in [5, 5.41) is 3.86. The van der Waals surface area contributed by atoms with Crippen molar-refractivity contribution in [1.29, 1.82) is 0 Å². The van der Waals surface area contributed by atoms with Gasteiger partial charge in [-0.3, -0.25) is 4.98 Å². The van der Waals surface area contributed by atoms with Crippen molar-refractivity contribution in [3.8, 4) is 11.4 Å². The molecule has 0 saturated carbocycles. The Morgan fingerprint density at radius 3 is 2.38 bits per heavy atom. The highest BCUT2D eigenvalue weighted by molar-refractivity contribution is 5.85. The molecule has 0 atom stereocenters. The van der Waals surface area contributed by atoms with Gasteiger partial charge in [0.25, 0.3) is 0 Å². The van der Waals surface area contributed by atoms with E-state index in [0.717, 1.165) is 5.56 Å². The molecule has 0 aliphatic heterocycles. The van der Waals surface area contributed by atoms with Gasteiger partial charge in [0.15, 0.2) is 0 Å². The fourth-order valence-electron chi connectivity index (χ4n) is 1.10. The summed E-state index contributed by atoms with van der Waals surface area (Å²) >= 11 is 0. The van der Waals surface area contributed by atoms with Crippen molar-refractivity contribution in [2.45, 2.75) is 19.4 Å². The second-order valence-corrected chi connectivity index (χ2v) is 3.88. The third kappa shape index (κ3) is 2.56. The lowest BCUT2D eigenvalue weighted by molar-refractivity contribution is 0.312. The van der Waals surface area contributed by atoms with E-state index in [-0.39, 0.29) is 12.4 Å². The molecule has 2 aromatic heterocycles. The zero-order chi connectivity index (χ0) is 10.9. The van der Waals surface area contributed by atoms with E-state index in [1.807, 2.05) is 26.0 Å². The number of nitrogens with zero attached hydrogens (tertiary/aromatic N) is 3. The van der Waals surface area contributed by atoms with E-state index in [1.165, 1.54) is 0 Å². The first-order chi connectivity index (χ1) is 7.07. The molecule has 0 radical (unpaired) electrons. The zero-order valence-electron chi connectivity index (χ0n) is 9.04. The smallest absolute Gasteiger partial charge is 0.246 e. The molecule has 5 nitrogen and oxygen atoms in total. The lowest BCUT2D eigenvalue weighted by Gasteiger charge is -2.10. The SMILES string of the molecule is CC(C)(N)c1nc(-c2ccncc2)no1.Cl. The maximum absolute atomic E-state index is 5.84. The Morgan fingerprint density at radius 2 is 1.88 bits per heavy atom. The van der Waals surface area contributed by atoms with Crippen molar-refractivity contribution in [2.24, 2.45) is 5.73 Å². The lowest BCUT2D eigenvalue weighted by Crippen LogP contribution is -2.28. The highest BCUT2D eigenvalue weighted by Gasteiger charge is 2.22. The summed E-state index contributed by atoms with van der Waals surface area (Å²) < 4.78 is 5.08. The van der Waals surface area contributed by atoms with Gasteiger partial charge in [-0.2, -0.15) is 4.98 Å². The van der Waals surface area contributed by atoms with Gasteiger partial charge in [0, 0.05) is 18.0 Å². The third-order valence-electron chi connectivity index (χ3n) is 1.92.